The van der Waals surface area contributed by atoms with Gasteiger partial charge in [0.25, 0.3) is 0 Å². The van der Waals surface area contributed by atoms with Crippen LogP contribution in [0, 0.1) is 6.92 Å². The number of aryl methyl sites for hydroxylation is 1. The number of methoxy groups -OCH3 is 2. The van der Waals surface area contributed by atoms with Crippen molar-refractivity contribution in [1.29, 1.82) is 0 Å². The number of para-hydroxylation sites is 1. The Balaban J connectivity index is 2.35. The van der Waals surface area contributed by atoms with Crippen molar-refractivity contribution in [3.05, 3.63) is 41.1 Å². The van der Waals surface area contributed by atoms with Gasteiger partial charge in [0.05, 0.1) is 31.9 Å². The Bertz CT molecular complexity index is 926. The van der Waals surface area contributed by atoms with E-state index in [9.17, 15) is 9.59 Å². The van der Waals surface area contributed by atoms with E-state index in [1.165, 1.54) is 14.2 Å². The van der Waals surface area contributed by atoms with E-state index < -0.39 is 11.9 Å². The maximum absolute atomic E-state index is 12.1. The van der Waals surface area contributed by atoms with Crippen LogP contribution >= 0.6 is 0 Å². The minimum Gasteiger partial charge on any atom is -0.469 e. The maximum atomic E-state index is 12.1. The summed E-state index contributed by atoms with van der Waals surface area (Å²) in [4.78, 5) is 28.3. The highest BCUT2D eigenvalue weighted by Gasteiger charge is 2.24. The lowest BCUT2D eigenvalue weighted by Gasteiger charge is -2.10. The topological polar surface area (TPSA) is 78.6 Å². The number of nitrogens with zero attached hydrogens (tertiary/aromatic N) is 1. The monoisotopic (exact) mass is 313 g/mol. The lowest BCUT2D eigenvalue weighted by Crippen LogP contribution is -2.15. The minimum absolute atomic E-state index is 0.114. The number of rotatable bonds is 3. The zero-order valence-electron chi connectivity index (χ0n) is 13.0. The van der Waals surface area contributed by atoms with E-state index >= 15 is 0 Å². The van der Waals surface area contributed by atoms with E-state index in [-0.39, 0.29) is 12.0 Å². The van der Waals surface area contributed by atoms with E-state index in [1.54, 1.807) is 6.92 Å². The molecule has 3 rings (SSSR count). The Labute approximate surface area is 132 Å². The van der Waals surface area contributed by atoms with Crippen molar-refractivity contribution < 1.29 is 23.5 Å². The molecule has 0 fully saturated rings. The molecule has 0 unspecified atom stereocenters. The second-order valence-electron chi connectivity index (χ2n) is 5.08. The lowest BCUT2D eigenvalue weighted by molar-refractivity contribution is -0.139. The van der Waals surface area contributed by atoms with Gasteiger partial charge in [0.2, 0.25) is 0 Å². The average molecular weight is 313 g/mol. The third-order valence-electron chi connectivity index (χ3n) is 3.75. The molecule has 23 heavy (non-hydrogen) atoms. The van der Waals surface area contributed by atoms with Crippen molar-refractivity contribution in [2.24, 2.45) is 0 Å². The Kier molecular flexibility index (Phi) is 3.73. The largest absolute Gasteiger partial charge is 0.469 e. The summed E-state index contributed by atoms with van der Waals surface area (Å²) in [7, 11) is 2.57. The number of hydrogen-bond donors (Lipinski definition) is 0. The van der Waals surface area contributed by atoms with Gasteiger partial charge in [-0.25, -0.2) is 9.78 Å². The molecule has 0 aliphatic carbocycles. The number of ether oxygens (including phenoxy) is 2. The first-order valence-corrected chi connectivity index (χ1v) is 7.02. The van der Waals surface area contributed by atoms with Gasteiger partial charge in [0.1, 0.15) is 11.1 Å². The molecule has 2 aromatic heterocycles. The molecule has 1 aromatic carbocycles. The van der Waals surface area contributed by atoms with Gasteiger partial charge in [-0.05, 0) is 19.1 Å². The summed E-state index contributed by atoms with van der Waals surface area (Å²) in [6, 6.07) is 7.45. The normalized spacial score (nSPS) is 10.9. The highest BCUT2D eigenvalue weighted by molar-refractivity contribution is 6.07. The average Bonchev–Trinajstić information content (AvgIpc) is 2.93. The van der Waals surface area contributed by atoms with Crippen LogP contribution in [0.5, 0.6) is 0 Å². The second-order valence-corrected chi connectivity index (χ2v) is 5.08. The summed E-state index contributed by atoms with van der Waals surface area (Å²) in [6.07, 6.45) is -0.114. The Morgan fingerprint density at radius 1 is 1.17 bits per heavy atom. The molecule has 0 saturated carbocycles. The molecular formula is C17H15NO5. The zero-order chi connectivity index (χ0) is 16.6. The van der Waals surface area contributed by atoms with Gasteiger partial charge >= 0.3 is 11.9 Å². The van der Waals surface area contributed by atoms with Gasteiger partial charge in [-0.2, -0.15) is 0 Å². The summed E-state index contributed by atoms with van der Waals surface area (Å²) in [6.45, 7) is 1.75. The van der Waals surface area contributed by atoms with Crippen LogP contribution in [0.25, 0.3) is 22.1 Å². The molecule has 0 bridgehead atoms. The standard InChI is InChI=1S/C17H15NO5/c1-9-14(17(20)22-3)11(8-13(19)21-2)18-15-10-6-4-5-7-12(10)23-16(9)15/h4-7H,8H2,1-3H3. The third kappa shape index (κ3) is 2.42. The lowest BCUT2D eigenvalue weighted by atomic mass is 10.0. The summed E-state index contributed by atoms with van der Waals surface area (Å²) < 4.78 is 15.3. The highest BCUT2D eigenvalue weighted by atomic mass is 16.5. The molecule has 3 aromatic rings. The first-order valence-electron chi connectivity index (χ1n) is 7.02. The molecule has 6 heteroatoms. The van der Waals surface area contributed by atoms with Gasteiger partial charge in [0.15, 0.2) is 5.58 Å². The molecule has 0 saturated heterocycles. The second kappa shape index (κ2) is 5.72. The van der Waals surface area contributed by atoms with Gasteiger partial charge in [-0.3, -0.25) is 4.79 Å². The van der Waals surface area contributed by atoms with Crippen molar-refractivity contribution in [2.75, 3.05) is 14.2 Å². The summed E-state index contributed by atoms with van der Waals surface area (Å²) in [5.41, 5.74) is 2.95. The Morgan fingerprint density at radius 2 is 1.91 bits per heavy atom. The van der Waals surface area contributed by atoms with E-state index in [0.717, 1.165) is 5.39 Å². The molecule has 0 radical (unpaired) electrons. The van der Waals surface area contributed by atoms with Gasteiger partial charge in [-0.1, -0.05) is 12.1 Å². The predicted molar refractivity (Wildman–Crippen MR) is 83.3 cm³/mol. The number of hydrogen-bond acceptors (Lipinski definition) is 6. The van der Waals surface area contributed by atoms with Crippen LogP contribution in [0.2, 0.25) is 0 Å². The number of esters is 2. The van der Waals surface area contributed by atoms with Crippen molar-refractivity contribution in [1.82, 2.24) is 4.98 Å². The molecule has 0 amide bonds. The van der Waals surface area contributed by atoms with Crippen molar-refractivity contribution >= 4 is 34.0 Å². The third-order valence-corrected chi connectivity index (χ3v) is 3.75. The van der Waals surface area contributed by atoms with E-state index in [1.807, 2.05) is 24.3 Å². The molecule has 2 heterocycles. The van der Waals surface area contributed by atoms with Crippen LogP contribution in [0.4, 0.5) is 0 Å². The summed E-state index contributed by atoms with van der Waals surface area (Å²) >= 11 is 0. The van der Waals surface area contributed by atoms with Crippen LogP contribution < -0.4 is 0 Å². The molecule has 0 atom stereocenters. The number of fused-ring (bicyclic) bond motifs is 3. The molecule has 0 N–H and O–H groups in total. The first-order chi connectivity index (χ1) is 11.1. The smallest absolute Gasteiger partial charge is 0.340 e. The Morgan fingerprint density at radius 3 is 2.61 bits per heavy atom. The first kappa shape index (κ1) is 15.0. The number of aromatic nitrogens is 1. The fourth-order valence-corrected chi connectivity index (χ4v) is 2.63. The van der Waals surface area contributed by atoms with Gasteiger partial charge in [0, 0.05) is 10.9 Å². The number of pyridine rings is 1. The highest BCUT2D eigenvalue weighted by Crippen LogP contribution is 2.32. The fourth-order valence-electron chi connectivity index (χ4n) is 2.63. The molecular weight excluding hydrogens is 298 g/mol. The van der Waals surface area contributed by atoms with E-state index in [4.69, 9.17) is 9.15 Å². The van der Waals surface area contributed by atoms with E-state index in [2.05, 4.69) is 9.72 Å². The van der Waals surface area contributed by atoms with Crippen molar-refractivity contribution in [3.63, 3.8) is 0 Å². The number of benzene rings is 1. The fraction of sp³-hybridized carbons (Fsp3) is 0.235. The van der Waals surface area contributed by atoms with Crippen molar-refractivity contribution in [3.8, 4) is 0 Å². The molecule has 0 spiro atoms. The maximum Gasteiger partial charge on any atom is 0.340 e. The summed E-state index contributed by atoms with van der Waals surface area (Å²) in [5.74, 6) is -1.04. The molecule has 0 aliphatic heterocycles. The van der Waals surface area contributed by atoms with Crippen LogP contribution in [0.1, 0.15) is 21.6 Å². The molecule has 0 aliphatic rings. The number of carbonyl (C=O) groups excluding carboxylic acids is 2. The van der Waals surface area contributed by atoms with Crippen LogP contribution in [0.15, 0.2) is 28.7 Å². The van der Waals surface area contributed by atoms with Crippen molar-refractivity contribution in [2.45, 2.75) is 13.3 Å². The van der Waals surface area contributed by atoms with Crippen LogP contribution in [-0.4, -0.2) is 31.1 Å². The van der Waals surface area contributed by atoms with Crippen LogP contribution in [-0.2, 0) is 20.7 Å². The summed E-state index contributed by atoms with van der Waals surface area (Å²) in [5, 5.41) is 0.827. The van der Waals surface area contributed by atoms with Gasteiger partial charge < -0.3 is 13.9 Å². The minimum atomic E-state index is -0.559. The number of carbonyl (C=O) groups is 2. The molecule has 118 valence electrons. The number of furan rings is 1. The quantitative estimate of drug-likeness (QED) is 0.692. The van der Waals surface area contributed by atoms with Crippen LogP contribution in [0.3, 0.4) is 0 Å². The molecule has 6 nitrogen and oxygen atoms in total. The zero-order valence-corrected chi connectivity index (χ0v) is 13.0. The van der Waals surface area contributed by atoms with E-state index in [0.29, 0.717) is 27.9 Å². The SMILES string of the molecule is COC(=O)Cc1nc2c(oc3ccccc32)c(C)c1C(=O)OC. The Hall–Kier alpha value is -2.89. The van der Waals surface area contributed by atoms with Gasteiger partial charge in [-0.15, -0.1) is 0 Å². The predicted octanol–water partition coefficient (Wildman–Crippen LogP) is 2.79.